The normalized spacial score (nSPS) is 10.4. The van der Waals surface area contributed by atoms with Crippen molar-refractivity contribution in [2.24, 2.45) is 7.05 Å². The Morgan fingerprint density at radius 3 is 2.78 bits per heavy atom. The summed E-state index contributed by atoms with van der Waals surface area (Å²) in [5.41, 5.74) is 1.32. The summed E-state index contributed by atoms with van der Waals surface area (Å²) < 4.78 is 1.70. The van der Waals surface area contributed by atoms with Gasteiger partial charge in [0.1, 0.15) is 0 Å². The third-order valence-electron chi connectivity index (χ3n) is 2.53. The van der Waals surface area contributed by atoms with Crippen LogP contribution in [-0.2, 0) is 13.6 Å². The fourth-order valence-electron chi connectivity index (χ4n) is 1.51. The highest BCUT2D eigenvalue weighted by Gasteiger charge is 2.10. The van der Waals surface area contributed by atoms with Gasteiger partial charge in [-0.2, -0.15) is 5.10 Å². The van der Waals surface area contributed by atoms with Crippen LogP contribution in [0.4, 0.5) is 0 Å². The van der Waals surface area contributed by atoms with E-state index < -0.39 is 0 Å². The van der Waals surface area contributed by atoms with Gasteiger partial charge >= 0.3 is 0 Å². The Morgan fingerprint density at radius 2 is 2.17 bits per heavy atom. The van der Waals surface area contributed by atoms with E-state index >= 15 is 0 Å². The molecule has 0 saturated heterocycles. The summed E-state index contributed by atoms with van der Waals surface area (Å²) >= 11 is 11.7. The van der Waals surface area contributed by atoms with Crippen LogP contribution in [0.3, 0.4) is 0 Å². The molecule has 0 unspecified atom stereocenters. The molecular weight excluding hydrogens is 273 g/mol. The lowest BCUT2D eigenvalue weighted by atomic mass is 10.2. The molecule has 0 atom stereocenters. The van der Waals surface area contributed by atoms with Crippen LogP contribution < -0.4 is 5.32 Å². The summed E-state index contributed by atoms with van der Waals surface area (Å²) in [6.07, 6.45) is 1.68. The minimum absolute atomic E-state index is 0.238. The number of hydrogen-bond donors (Lipinski definition) is 1. The van der Waals surface area contributed by atoms with Gasteiger partial charge in [-0.25, -0.2) is 0 Å². The van der Waals surface area contributed by atoms with Gasteiger partial charge < -0.3 is 5.32 Å². The first-order valence-electron chi connectivity index (χ1n) is 5.28. The van der Waals surface area contributed by atoms with Crippen molar-refractivity contribution in [1.29, 1.82) is 0 Å². The van der Waals surface area contributed by atoms with Crippen molar-refractivity contribution in [2.75, 3.05) is 0 Å². The number of nitrogens with zero attached hydrogens (tertiary/aromatic N) is 2. The number of nitrogens with one attached hydrogen (secondary N) is 1. The van der Waals surface area contributed by atoms with Gasteiger partial charge in [-0.15, -0.1) is 0 Å². The highest BCUT2D eigenvalue weighted by Crippen LogP contribution is 2.20. The van der Waals surface area contributed by atoms with Crippen molar-refractivity contribution in [2.45, 2.75) is 6.54 Å². The second-order valence-electron chi connectivity index (χ2n) is 3.75. The number of carbonyl (C=O) groups excluding carboxylic acids is 1. The van der Waals surface area contributed by atoms with E-state index in [-0.39, 0.29) is 5.91 Å². The van der Waals surface area contributed by atoms with Crippen LogP contribution in [0, 0.1) is 0 Å². The van der Waals surface area contributed by atoms with Gasteiger partial charge in [-0.05, 0) is 24.3 Å². The molecule has 1 N–H and O–H groups in total. The largest absolute Gasteiger partial charge is 0.346 e. The first-order valence-corrected chi connectivity index (χ1v) is 6.03. The highest BCUT2D eigenvalue weighted by atomic mass is 35.5. The number of aryl methyl sites for hydroxylation is 1. The number of rotatable bonds is 3. The maximum Gasteiger partial charge on any atom is 0.253 e. The molecule has 2 aromatic rings. The van der Waals surface area contributed by atoms with E-state index in [2.05, 4.69) is 10.4 Å². The molecule has 0 bridgehead atoms. The summed E-state index contributed by atoms with van der Waals surface area (Å²) in [7, 11) is 1.82. The lowest BCUT2D eigenvalue weighted by molar-refractivity contribution is 0.0950. The fourth-order valence-corrected chi connectivity index (χ4v) is 2.01. The molecule has 1 heterocycles. The zero-order valence-corrected chi connectivity index (χ0v) is 11.2. The number of amides is 1. The molecular formula is C12H11Cl2N3O. The maximum absolute atomic E-state index is 11.9. The molecule has 18 heavy (non-hydrogen) atoms. The van der Waals surface area contributed by atoms with Crippen molar-refractivity contribution < 1.29 is 4.79 Å². The van der Waals surface area contributed by atoms with Crippen LogP contribution in [-0.4, -0.2) is 15.7 Å². The van der Waals surface area contributed by atoms with E-state index in [9.17, 15) is 4.79 Å². The molecule has 0 radical (unpaired) electrons. The zero-order chi connectivity index (χ0) is 13.1. The van der Waals surface area contributed by atoms with Gasteiger partial charge in [-0.3, -0.25) is 9.48 Å². The van der Waals surface area contributed by atoms with E-state index in [0.717, 1.165) is 5.69 Å². The summed E-state index contributed by atoms with van der Waals surface area (Å²) in [6.45, 7) is 0.397. The monoisotopic (exact) mass is 283 g/mol. The van der Waals surface area contributed by atoms with Gasteiger partial charge in [0.15, 0.2) is 0 Å². The number of benzene rings is 1. The Balaban J connectivity index is 2.06. The Kier molecular flexibility index (Phi) is 3.89. The molecule has 2 rings (SSSR count). The Bertz CT molecular complexity index is 580. The van der Waals surface area contributed by atoms with Crippen LogP contribution in [0.1, 0.15) is 16.1 Å². The standard InChI is InChI=1S/C12H11Cl2N3O/c1-17-9(4-5-16-17)7-15-12(18)10-3-2-8(13)6-11(10)14/h2-6H,7H2,1H3,(H,15,18). The number of halogens is 2. The molecule has 0 spiro atoms. The average molecular weight is 284 g/mol. The highest BCUT2D eigenvalue weighted by molar-refractivity contribution is 6.36. The second-order valence-corrected chi connectivity index (χ2v) is 4.60. The smallest absolute Gasteiger partial charge is 0.253 e. The lowest BCUT2D eigenvalue weighted by Crippen LogP contribution is -2.24. The quantitative estimate of drug-likeness (QED) is 0.941. The van der Waals surface area contributed by atoms with E-state index in [4.69, 9.17) is 23.2 Å². The summed E-state index contributed by atoms with van der Waals surface area (Å²) in [4.78, 5) is 11.9. The minimum Gasteiger partial charge on any atom is -0.346 e. The van der Waals surface area contributed by atoms with Gasteiger partial charge in [0, 0.05) is 18.3 Å². The zero-order valence-electron chi connectivity index (χ0n) is 9.65. The SMILES string of the molecule is Cn1nccc1CNC(=O)c1ccc(Cl)cc1Cl. The number of carbonyl (C=O) groups is 1. The molecule has 94 valence electrons. The molecule has 0 saturated carbocycles. The lowest BCUT2D eigenvalue weighted by Gasteiger charge is -2.07. The molecule has 1 amide bonds. The van der Waals surface area contributed by atoms with Crippen molar-refractivity contribution in [3.05, 3.63) is 51.8 Å². The van der Waals surface area contributed by atoms with Gasteiger partial charge in [0.25, 0.3) is 5.91 Å². The third-order valence-corrected chi connectivity index (χ3v) is 3.08. The first-order chi connectivity index (χ1) is 8.58. The minimum atomic E-state index is -0.238. The van der Waals surface area contributed by atoms with Crippen LogP contribution in [0.5, 0.6) is 0 Å². The molecule has 0 aliphatic carbocycles. The first kappa shape index (κ1) is 12.9. The van der Waals surface area contributed by atoms with Gasteiger partial charge in [0.2, 0.25) is 0 Å². The molecule has 1 aromatic heterocycles. The number of aromatic nitrogens is 2. The van der Waals surface area contributed by atoms with Crippen molar-refractivity contribution in [3.63, 3.8) is 0 Å². The Hall–Kier alpha value is -1.52. The summed E-state index contributed by atoms with van der Waals surface area (Å²) in [5.74, 6) is -0.238. The molecule has 1 aromatic carbocycles. The van der Waals surface area contributed by atoms with E-state index in [0.29, 0.717) is 22.2 Å². The Labute approximate surface area is 115 Å². The average Bonchev–Trinajstić information content (AvgIpc) is 2.72. The summed E-state index contributed by atoms with van der Waals surface area (Å²) in [6, 6.07) is 6.61. The number of hydrogen-bond acceptors (Lipinski definition) is 2. The van der Waals surface area contributed by atoms with Crippen LogP contribution >= 0.6 is 23.2 Å². The van der Waals surface area contributed by atoms with Gasteiger partial charge in [0.05, 0.1) is 22.8 Å². The maximum atomic E-state index is 11.9. The fraction of sp³-hybridized carbons (Fsp3) is 0.167. The topological polar surface area (TPSA) is 46.9 Å². The van der Waals surface area contributed by atoms with Gasteiger partial charge in [-0.1, -0.05) is 23.2 Å². The third kappa shape index (κ3) is 2.83. The molecule has 0 aliphatic heterocycles. The van der Waals surface area contributed by atoms with E-state index in [1.807, 2.05) is 13.1 Å². The molecule has 6 heteroatoms. The molecule has 0 fully saturated rings. The summed E-state index contributed by atoms with van der Waals surface area (Å²) in [5, 5.41) is 7.63. The van der Waals surface area contributed by atoms with Crippen LogP contribution in [0.15, 0.2) is 30.5 Å². The predicted molar refractivity (Wildman–Crippen MR) is 70.8 cm³/mol. The van der Waals surface area contributed by atoms with Crippen molar-refractivity contribution in [3.8, 4) is 0 Å². The van der Waals surface area contributed by atoms with E-state index in [1.54, 1.807) is 29.1 Å². The molecule has 4 nitrogen and oxygen atoms in total. The second kappa shape index (κ2) is 5.42. The predicted octanol–water partition coefficient (Wildman–Crippen LogP) is 2.66. The van der Waals surface area contributed by atoms with Crippen molar-refractivity contribution >= 4 is 29.1 Å². The van der Waals surface area contributed by atoms with E-state index in [1.165, 1.54) is 0 Å². The Morgan fingerprint density at radius 1 is 1.39 bits per heavy atom. The van der Waals surface area contributed by atoms with Crippen LogP contribution in [0.2, 0.25) is 10.0 Å². The molecule has 0 aliphatic rings. The van der Waals surface area contributed by atoms with Crippen molar-refractivity contribution in [1.82, 2.24) is 15.1 Å². The van der Waals surface area contributed by atoms with Crippen LogP contribution in [0.25, 0.3) is 0 Å².